The summed E-state index contributed by atoms with van der Waals surface area (Å²) >= 11 is 0. The van der Waals surface area contributed by atoms with Gasteiger partial charge < -0.3 is 9.47 Å². The molecule has 2 nitrogen and oxygen atoms in total. The number of aromatic nitrogens is 1. The van der Waals surface area contributed by atoms with E-state index in [-0.39, 0.29) is 5.41 Å². The lowest BCUT2D eigenvalue weighted by Crippen LogP contribution is -2.17. The van der Waals surface area contributed by atoms with E-state index in [2.05, 4.69) is 230 Å². The molecule has 1 aliphatic carbocycles. The Morgan fingerprint density at radius 1 is 0.407 bits per heavy atom. The Balaban J connectivity index is 1.20. The lowest BCUT2D eigenvalue weighted by Gasteiger charge is -2.31. The van der Waals surface area contributed by atoms with E-state index in [4.69, 9.17) is 0 Å². The molecule has 0 aliphatic heterocycles. The number of nitrogens with zero attached hydrogens (tertiary/aromatic N) is 2. The third-order valence-corrected chi connectivity index (χ3v) is 12.9. The summed E-state index contributed by atoms with van der Waals surface area (Å²) in [4.78, 5) is 2.55. The SMILES string of the molecule is CC1(C)c2cc(N(c3ccc4ccccc4c3-c3ccc4ccccc4c3)c3cccc4c5ccccc5n(-c5ccccc5)c34)ccc2-c2cc3ccccc3cc21. The van der Waals surface area contributed by atoms with Crippen molar-refractivity contribution < 1.29 is 0 Å². The van der Waals surface area contributed by atoms with Gasteiger partial charge in [0, 0.05) is 33.1 Å². The largest absolute Gasteiger partial charge is 0.308 e. The van der Waals surface area contributed by atoms with Gasteiger partial charge in [-0.2, -0.15) is 0 Å². The Kier molecular flexibility index (Phi) is 7.31. The van der Waals surface area contributed by atoms with Gasteiger partial charge in [0.2, 0.25) is 0 Å². The molecule has 0 amide bonds. The second-order valence-electron chi connectivity index (χ2n) is 16.5. The third-order valence-electron chi connectivity index (χ3n) is 12.9. The summed E-state index contributed by atoms with van der Waals surface area (Å²) in [7, 11) is 0. The van der Waals surface area contributed by atoms with Gasteiger partial charge in [0.05, 0.1) is 22.4 Å². The van der Waals surface area contributed by atoms with Crippen LogP contribution in [0.2, 0.25) is 0 Å². The second-order valence-corrected chi connectivity index (χ2v) is 16.5. The summed E-state index contributed by atoms with van der Waals surface area (Å²) in [6.07, 6.45) is 0. The fourth-order valence-electron chi connectivity index (χ4n) is 10.1. The highest BCUT2D eigenvalue weighted by atomic mass is 15.2. The molecule has 0 N–H and O–H groups in total. The molecule has 2 heteroatoms. The first kappa shape index (κ1) is 33.7. The third kappa shape index (κ3) is 5.06. The van der Waals surface area contributed by atoms with E-state index in [1.54, 1.807) is 0 Å². The molecule has 0 atom stereocenters. The minimum absolute atomic E-state index is 0.202. The maximum absolute atomic E-state index is 2.55. The molecular formula is C57H40N2. The van der Waals surface area contributed by atoms with Crippen molar-refractivity contribution in [3.8, 4) is 27.9 Å². The number of hydrogen-bond acceptors (Lipinski definition) is 1. The molecule has 0 radical (unpaired) electrons. The van der Waals surface area contributed by atoms with Crippen LogP contribution >= 0.6 is 0 Å². The Bertz CT molecular complexity index is 3480. The van der Waals surface area contributed by atoms with E-state index >= 15 is 0 Å². The van der Waals surface area contributed by atoms with Crippen molar-refractivity contribution in [2.45, 2.75) is 19.3 Å². The van der Waals surface area contributed by atoms with Gasteiger partial charge in [0.15, 0.2) is 0 Å². The van der Waals surface area contributed by atoms with Crippen LogP contribution in [0.25, 0.3) is 82.1 Å². The minimum Gasteiger partial charge on any atom is -0.308 e. The Morgan fingerprint density at radius 3 is 1.85 bits per heavy atom. The van der Waals surface area contributed by atoms with Crippen LogP contribution in [0.4, 0.5) is 17.1 Å². The topological polar surface area (TPSA) is 8.17 Å². The number of para-hydroxylation sites is 3. The van der Waals surface area contributed by atoms with Crippen LogP contribution in [-0.2, 0) is 5.41 Å². The fraction of sp³-hybridized carbons (Fsp3) is 0.0526. The van der Waals surface area contributed by atoms with Gasteiger partial charge in [-0.15, -0.1) is 0 Å². The molecule has 1 aliphatic rings. The number of fused-ring (bicyclic) bond motifs is 9. The van der Waals surface area contributed by atoms with Crippen LogP contribution in [0.5, 0.6) is 0 Å². The minimum atomic E-state index is -0.202. The zero-order valence-corrected chi connectivity index (χ0v) is 33.0. The highest BCUT2D eigenvalue weighted by molar-refractivity contribution is 6.16. The van der Waals surface area contributed by atoms with Gasteiger partial charge in [-0.3, -0.25) is 0 Å². The normalized spacial score (nSPS) is 13.1. The summed E-state index contributed by atoms with van der Waals surface area (Å²) < 4.78 is 2.46. The van der Waals surface area contributed by atoms with Gasteiger partial charge in [-0.1, -0.05) is 159 Å². The van der Waals surface area contributed by atoms with Crippen LogP contribution < -0.4 is 4.90 Å². The predicted octanol–water partition coefficient (Wildman–Crippen LogP) is 15.7. The van der Waals surface area contributed by atoms with E-state index in [1.807, 2.05) is 0 Å². The molecule has 1 heterocycles. The fourth-order valence-corrected chi connectivity index (χ4v) is 10.1. The molecule has 278 valence electrons. The Morgan fingerprint density at radius 2 is 1.03 bits per heavy atom. The van der Waals surface area contributed by atoms with Crippen molar-refractivity contribution in [1.29, 1.82) is 0 Å². The first-order valence-electron chi connectivity index (χ1n) is 20.6. The highest BCUT2D eigenvalue weighted by Crippen LogP contribution is 2.54. The van der Waals surface area contributed by atoms with Crippen molar-refractivity contribution in [3.05, 3.63) is 217 Å². The van der Waals surface area contributed by atoms with E-state index in [0.717, 1.165) is 22.7 Å². The molecule has 12 rings (SSSR count). The maximum Gasteiger partial charge on any atom is 0.0782 e. The van der Waals surface area contributed by atoms with Crippen LogP contribution in [0.1, 0.15) is 25.0 Å². The summed E-state index contributed by atoms with van der Waals surface area (Å²) in [5.74, 6) is 0. The zero-order valence-electron chi connectivity index (χ0n) is 33.0. The number of benzene rings is 10. The highest BCUT2D eigenvalue weighted by Gasteiger charge is 2.37. The summed E-state index contributed by atoms with van der Waals surface area (Å²) in [6, 6.07) is 76.4. The molecule has 59 heavy (non-hydrogen) atoms. The monoisotopic (exact) mass is 752 g/mol. The molecule has 0 spiro atoms. The number of rotatable bonds is 5. The first-order chi connectivity index (χ1) is 29.0. The average Bonchev–Trinajstić information content (AvgIpc) is 3.74. The predicted molar refractivity (Wildman–Crippen MR) is 251 cm³/mol. The molecule has 0 unspecified atom stereocenters. The van der Waals surface area contributed by atoms with E-state index in [1.165, 1.54) is 87.5 Å². The van der Waals surface area contributed by atoms with E-state index in [9.17, 15) is 0 Å². The first-order valence-corrected chi connectivity index (χ1v) is 20.6. The van der Waals surface area contributed by atoms with E-state index < -0.39 is 0 Å². The van der Waals surface area contributed by atoms with Gasteiger partial charge in [-0.25, -0.2) is 0 Å². The quantitative estimate of drug-likeness (QED) is 0.170. The molecule has 10 aromatic carbocycles. The van der Waals surface area contributed by atoms with Gasteiger partial charge in [0.1, 0.15) is 0 Å². The van der Waals surface area contributed by atoms with Crippen molar-refractivity contribution in [1.82, 2.24) is 4.57 Å². The van der Waals surface area contributed by atoms with Gasteiger partial charge in [0.25, 0.3) is 0 Å². The second kappa shape index (κ2) is 12.8. The molecule has 0 fully saturated rings. The molecule has 0 saturated heterocycles. The number of hydrogen-bond donors (Lipinski definition) is 0. The lowest BCUT2D eigenvalue weighted by molar-refractivity contribution is 0.661. The van der Waals surface area contributed by atoms with Gasteiger partial charge in [-0.05, 0) is 121 Å². The lowest BCUT2D eigenvalue weighted by atomic mass is 9.81. The molecular weight excluding hydrogens is 713 g/mol. The summed E-state index contributed by atoms with van der Waals surface area (Å²) in [5.41, 5.74) is 14.4. The zero-order chi connectivity index (χ0) is 39.2. The maximum atomic E-state index is 2.55. The van der Waals surface area contributed by atoms with Gasteiger partial charge >= 0.3 is 0 Å². The Labute approximate surface area is 343 Å². The van der Waals surface area contributed by atoms with Crippen molar-refractivity contribution in [2.24, 2.45) is 0 Å². The summed E-state index contributed by atoms with van der Waals surface area (Å²) in [5, 5.41) is 9.92. The Hall–Kier alpha value is -7.42. The smallest absolute Gasteiger partial charge is 0.0782 e. The molecule has 11 aromatic rings. The number of anilines is 3. The van der Waals surface area contributed by atoms with Crippen LogP contribution in [-0.4, -0.2) is 4.57 Å². The molecule has 0 bridgehead atoms. The van der Waals surface area contributed by atoms with Crippen molar-refractivity contribution in [2.75, 3.05) is 4.90 Å². The van der Waals surface area contributed by atoms with Crippen molar-refractivity contribution in [3.63, 3.8) is 0 Å². The van der Waals surface area contributed by atoms with Crippen LogP contribution in [0.15, 0.2) is 206 Å². The van der Waals surface area contributed by atoms with Crippen LogP contribution in [0.3, 0.4) is 0 Å². The standard InChI is InChI=1S/C57H40N2/c1-57(2)50-35-41-19-9-8-18-40(41)34-49(50)46-31-30-44(36-51(46)57)58(54-26-14-24-48-47-23-12-13-25-52(47)59(56(48)54)43-20-4-3-5-21-43)53-32-29-38-16-10-11-22-45(38)55(53)42-28-27-37-15-6-7-17-39(37)33-42/h3-36H,1-2H3. The average molecular weight is 753 g/mol. The molecule has 1 aromatic heterocycles. The van der Waals surface area contributed by atoms with E-state index in [0.29, 0.717) is 0 Å². The molecule has 0 saturated carbocycles. The van der Waals surface area contributed by atoms with Crippen molar-refractivity contribution >= 4 is 71.2 Å². The van der Waals surface area contributed by atoms with Crippen LogP contribution in [0, 0.1) is 0 Å². The summed E-state index contributed by atoms with van der Waals surface area (Å²) in [6.45, 7) is 4.79.